The van der Waals surface area contributed by atoms with E-state index >= 15 is 0 Å². The van der Waals surface area contributed by atoms with Crippen LogP contribution in [0.5, 0.6) is 0 Å². The number of amides is 1. The van der Waals surface area contributed by atoms with Crippen molar-refractivity contribution in [3.63, 3.8) is 0 Å². The second-order valence-electron chi connectivity index (χ2n) is 7.54. The van der Waals surface area contributed by atoms with Gasteiger partial charge in [0.1, 0.15) is 11.3 Å². The van der Waals surface area contributed by atoms with E-state index in [1.54, 1.807) is 21.8 Å². The molecule has 4 aromatic rings. The molecule has 5 rings (SSSR count). The molecule has 4 aromatic heterocycles. The molecule has 5 heterocycles. The second kappa shape index (κ2) is 6.84. The molecule has 0 aliphatic carbocycles. The molecule has 1 N–H and O–H groups in total. The van der Waals surface area contributed by atoms with Crippen LogP contribution in [0.15, 0.2) is 36.9 Å². The number of carbonyl (C=O) groups is 1. The molecule has 0 radical (unpaired) electrons. The van der Waals surface area contributed by atoms with E-state index in [1.807, 2.05) is 37.3 Å². The topological polar surface area (TPSA) is 97.5 Å². The summed E-state index contributed by atoms with van der Waals surface area (Å²) in [6.07, 6.45) is 9.37. The van der Waals surface area contributed by atoms with Gasteiger partial charge in [0.05, 0.1) is 18.1 Å². The number of likely N-dealkylation sites (tertiary alicyclic amines) is 1. The Balaban J connectivity index is 1.40. The van der Waals surface area contributed by atoms with Crippen LogP contribution < -0.4 is 0 Å². The van der Waals surface area contributed by atoms with E-state index in [9.17, 15) is 4.79 Å². The largest absolute Gasteiger partial charge is 0.346 e. The van der Waals surface area contributed by atoms with E-state index in [0.717, 1.165) is 41.8 Å². The third-order valence-electron chi connectivity index (χ3n) is 5.66. The van der Waals surface area contributed by atoms with Gasteiger partial charge >= 0.3 is 0 Å². The van der Waals surface area contributed by atoms with Crippen LogP contribution in [0.1, 0.15) is 40.5 Å². The van der Waals surface area contributed by atoms with Gasteiger partial charge in [0.15, 0.2) is 5.69 Å². The zero-order valence-corrected chi connectivity index (χ0v) is 16.4. The lowest BCUT2D eigenvalue weighted by molar-refractivity contribution is 0.0700. The Hall–Kier alpha value is -3.49. The fourth-order valence-electron chi connectivity index (χ4n) is 4.17. The lowest BCUT2D eigenvalue weighted by atomic mass is 9.90. The Morgan fingerprint density at radius 1 is 1.34 bits per heavy atom. The van der Waals surface area contributed by atoms with Crippen LogP contribution >= 0.6 is 0 Å². The minimum Gasteiger partial charge on any atom is -0.346 e. The van der Waals surface area contributed by atoms with Crippen molar-refractivity contribution in [2.45, 2.75) is 25.7 Å². The second-order valence-corrected chi connectivity index (χ2v) is 7.54. The van der Waals surface area contributed by atoms with Gasteiger partial charge in [0.25, 0.3) is 5.91 Å². The summed E-state index contributed by atoms with van der Waals surface area (Å²) in [6.45, 7) is 3.27. The quantitative estimate of drug-likeness (QED) is 0.578. The molecule has 1 aliphatic heterocycles. The molecule has 0 aromatic carbocycles. The molecule has 1 aliphatic rings. The predicted molar refractivity (Wildman–Crippen MR) is 107 cm³/mol. The van der Waals surface area contributed by atoms with Crippen molar-refractivity contribution in [2.75, 3.05) is 13.1 Å². The lowest BCUT2D eigenvalue weighted by Crippen LogP contribution is -2.39. The van der Waals surface area contributed by atoms with Crippen LogP contribution in [-0.2, 0) is 7.05 Å². The zero-order chi connectivity index (χ0) is 20.0. The highest BCUT2D eigenvalue weighted by molar-refractivity contribution is 5.93. The number of nitrogens with zero attached hydrogens (tertiary/aromatic N) is 7. The lowest BCUT2D eigenvalue weighted by Gasteiger charge is -2.32. The molecule has 0 bridgehead atoms. The number of fused-ring (bicyclic) bond motifs is 1. The highest BCUT2D eigenvalue weighted by Gasteiger charge is 2.30. The van der Waals surface area contributed by atoms with Crippen LogP contribution in [-0.4, -0.2) is 58.6 Å². The van der Waals surface area contributed by atoms with Crippen molar-refractivity contribution < 1.29 is 4.79 Å². The highest BCUT2D eigenvalue weighted by Crippen LogP contribution is 2.32. The van der Waals surface area contributed by atoms with Gasteiger partial charge in [0.2, 0.25) is 0 Å². The Morgan fingerprint density at radius 3 is 3.07 bits per heavy atom. The van der Waals surface area contributed by atoms with Crippen molar-refractivity contribution >= 4 is 16.9 Å². The van der Waals surface area contributed by atoms with E-state index in [-0.39, 0.29) is 11.8 Å². The number of carbonyl (C=O) groups excluding carboxylic acids is 1. The summed E-state index contributed by atoms with van der Waals surface area (Å²) in [5.41, 5.74) is 4.03. The number of H-pyrrole nitrogens is 1. The van der Waals surface area contributed by atoms with E-state index < -0.39 is 0 Å². The van der Waals surface area contributed by atoms with Gasteiger partial charge in [-0.2, -0.15) is 5.10 Å². The minimum atomic E-state index is -0.0692. The summed E-state index contributed by atoms with van der Waals surface area (Å²) < 4.78 is 3.36. The maximum Gasteiger partial charge on any atom is 0.276 e. The number of rotatable bonds is 3. The van der Waals surface area contributed by atoms with Gasteiger partial charge < -0.3 is 9.88 Å². The first-order valence-corrected chi connectivity index (χ1v) is 9.74. The van der Waals surface area contributed by atoms with Crippen LogP contribution in [0.3, 0.4) is 0 Å². The van der Waals surface area contributed by atoms with Crippen molar-refractivity contribution in [3.8, 4) is 5.69 Å². The Kier molecular flexibility index (Phi) is 4.15. The normalized spacial score (nSPS) is 17.2. The molecule has 1 atom stereocenters. The number of piperidine rings is 1. The third kappa shape index (κ3) is 2.98. The smallest absolute Gasteiger partial charge is 0.276 e. The molecule has 0 saturated carbocycles. The maximum atomic E-state index is 13.2. The molecule has 148 valence electrons. The zero-order valence-electron chi connectivity index (χ0n) is 16.4. The summed E-state index contributed by atoms with van der Waals surface area (Å²) >= 11 is 0. The highest BCUT2D eigenvalue weighted by atomic mass is 16.2. The minimum absolute atomic E-state index is 0.0692. The number of aryl methyl sites for hydroxylation is 1. The standard InChI is InChI=1S/C20H22N8O/c1-13-18(24-25-28(13)15-9-23-26(2)12-15)20(29)27-8-4-5-14(11-27)17-10-22-19-16(17)6-3-7-21-19/h3,6-7,9-10,12,14H,4-5,8,11H2,1-2H3,(H,21,22). The average Bonchev–Trinajstić information content (AvgIpc) is 3.45. The summed E-state index contributed by atoms with van der Waals surface area (Å²) in [4.78, 5) is 22.7. The molecule has 1 unspecified atom stereocenters. The number of aromatic nitrogens is 7. The summed E-state index contributed by atoms with van der Waals surface area (Å²) in [7, 11) is 1.84. The number of hydrogen-bond acceptors (Lipinski definition) is 5. The molecule has 1 fully saturated rings. The van der Waals surface area contributed by atoms with Gasteiger partial charge in [-0.05, 0) is 37.5 Å². The SMILES string of the molecule is Cc1c(C(=O)N2CCCC(c3c[nH]c4ncccc34)C2)nnn1-c1cnn(C)c1. The summed E-state index contributed by atoms with van der Waals surface area (Å²) in [6, 6.07) is 4.03. The van der Waals surface area contributed by atoms with Crippen molar-refractivity contribution in [1.29, 1.82) is 0 Å². The molecule has 9 nitrogen and oxygen atoms in total. The van der Waals surface area contributed by atoms with Gasteiger partial charge in [-0.3, -0.25) is 9.48 Å². The number of hydrogen-bond donors (Lipinski definition) is 1. The van der Waals surface area contributed by atoms with E-state index in [2.05, 4.69) is 31.4 Å². The fraction of sp³-hybridized carbons (Fsp3) is 0.350. The predicted octanol–water partition coefficient (Wildman–Crippen LogP) is 2.21. The van der Waals surface area contributed by atoms with Gasteiger partial charge in [-0.1, -0.05) is 5.21 Å². The summed E-state index contributed by atoms with van der Waals surface area (Å²) in [5.74, 6) is 0.208. The van der Waals surface area contributed by atoms with Crippen molar-refractivity contribution in [1.82, 2.24) is 39.6 Å². The first kappa shape index (κ1) is 17.6. The molecular formula is C20H22N8O. The van der Waals surface area contributed by atoms with Crippen LogP contribution in [0.2, 0.25) is 0 Å². The molecule has 1 saturated heterocycles. The van der Waals surface area contributed by atoms with E-state index in [4.69, 9.17) is 0 Å². The van der Waals surface area contributed by atoms with Crippen molar-refractivity contribution in [3.05, 3.63) is 53.9 Å². The van der Waals surface area contributed by atoms with Crippen LogP contribution in [0.25, 0.3) is 16.7 Å². The number of aromatic amines is 1. The van der Waals surface area contributed by atoms with Crippen LogP contribution in [0, 0.1) is 6.92 Å². The molecule has 1 amide bonds. The Labute approximate surface area is 167 Å². The maximum absolute atomic E-state index is 13.2. The molecule has 9 heteroatoms. The van der Waals surface area contributed by atoms with E-state index in [1.165, 1.54) is 5.56 Å². The first-order valence-electron chi connectivity index (χ1n) is 9.74. The first-order chi connectivity index (χ1) is 14.1. The fourth-order valence-corrected chi connectivity index (χ4v) is 4.17. The Bertz CT molecular complexity index is 1190. The number of nitrogens with one attached hydrogen (secondary N) is 1. The third-order valence-corrected chi connectivity index (χ3v) is 5.66. The average molecular weight is 390 g/mol. The summed E-state index contributed by atoms with van der Waals surface area (Å²) in [5, 5.41) is 13.7. The number of pyridine rings is 1. The molecular weight excluding hydrogens is 368 g/mol. The molecule has 29 heavy (non-hydrogen) atoms. The van der Waals surface area contributed by atoms with Gasteiger partial charge in [-0.15, -0.1) is 5.10 Å². The monoisotopic (exact) mass is 390 g/mol. The van der Waals surface area contributed by atoms with Crippen LogP contribution in [0.4, 0.5) is 0 Å². The van der Waals surface area contributed by atoms with Gasteiger partial charge in [-0.25, -0.2) is 9.67 Å². The van der Waals surface area contributed by atoms with Gasteiger partial charge in [0, 0.05) is 43.8 Å². The van der Waals surface area contributed by atoms with Crippen molar-refractivity contribution in [2.24, 2.45) is 7.05 Å². The molecule has 0 spiro atoms. The Morgan fingerprint density at radius 2 is 2.24 bits per heavy atom. The van der Waals surface area contributed by atoms with E-state index in [0.29, 0.717) is 12.2 Å².